The molecule has 0 bridgehead atoms. The van der Waals surface area contributed by atoms with Crippen molar-refractivity contribution in [2.45, 2.75) is 44.3 Å². The van der Waals surface area contributed by atoms with Gasteiger partial charge in [0.25, 0.3) is 5.91 Å². The van der Waals surface area contributed by atoms with Crippen molar-refractivity contribution in [1.82, 2.24) is 20.2 Å². The number of amides is 1. The van der Waals surface area contributed by atoms with Crippen LogP contribution in [0.2, 0.25) is 5.02 Å². The second-order valence-corrected chi connectivity index (χ2v) is 10.8. The van der Waals surface area contributed by atoms with Crippen molar-refractivity contribution in [3.63, 3.8) is 0 Å². The van der Waals surface area contributed by atoms with Crippen molar-refractivity contribution in [1.29, 1.82) is 0 Å². The van der Waals surface area contributed by atoms with Crippen molar-refractivity contribution in [3.05, 3.63) is 70.3 Å². The lowest BCUT2D eigenvalue weighted by molar-refractivity contribution is 0.0604. The molecule has 3 N–H and O–H groups in total. The third kappa shape index (κ3) is 5.28. The Labute approximate surface area is 225 Å². The number of benzene rings is 2. The standard InChI is InChI=1S/C28H30ClN5O2S/c1-31-20-8-10-21(11-9-20)34(27(35)26-25(29)22-5-3-4-6-24(22)37-26)16-18-13-17(7-12-23(18)36-2)19-14-32-28(30)33-15-19/h3-7,12-15,20-21,31H,8-11,16H2,1-2H3,(H2,30,32,33)/t20-,21+. The predicted molar refractivity (Wildman–Crippen MR) is 150 cm³/mol. The SMILES string of the molecule is CN[C@H]1CC[C@@H](N(Cc2cc(-c3cnc(N)nc3)ccc2OC)C(=O)c2sc3ccccc3c2Cl)CC1. The smallest absolute Gasteiger partial charge is 0.266 e. The average molecular weight is 536 g/mol. The maximum atomic E-state index is 14.1. The number of thiophene rings is 1. The number of fused-ring (bicyclic) bond motifs is 1. The zero-order chi connectivity index (χ0) is 25.9. The molecule has 2 heterocycles. The molecular formula is C28H30ClN5O2S. The first kappa shape index (κ1) is 25.4. The van der Waals surface area contributed by atoms with Gasteiger partial charge in [-0.2, -0.15) is 0 Å². The van der Waals surface area contributed by atoms with E-state index < -0.39 is 0 Å². The van der Waals surface area contributed by atoms with E-state index in [0.29, 0.717) is 22.5 Å². The number of nitrogens with zero attached hydrogens (tertiary/aromatic N) is 3. The number of methoxy groups -OCH3 is 1. The van der Waals surface area contributed by atoms with Crippen LogP contribution in [0.15, 0.2) is 54.9 Å². The van der Waals surface area contributed by atoms with Gasteiger partial charge in [0.15, 0.2) is 0 Å². The molecule has 0 atom stereocenters. The van der Waals surface area contributed by atoms with Crippen LogP contribution in [0.4, 0.5) is 5.95 Å². The summed E-state index contributed by atoms with van der Waals surface area (Å²) in [5.41, 5.74) is 8.37. The number of carbonyl (C=O) groups excluding carboxylic acids is 1. The molecule has 5 rings (SSSR count). The van der Waals surface area contributed by atoms with Crippen molar-refractivity contribution in [3.8, 4) is 16.9 Å². The van der Waals surface area contributed by atoms with Gasteiger partial charge in [-0.3, -0.25) is 4.79 Å². The number of nitrogens with one attached hydrogen (secondary N) is 1. The Morgan fingerprint density at radius 3 is 2.54 bits per heavy atom. The van der Waals surface area contributed by atoms with Crippen LogP contribution in [0, 0.1) is 0 Å². The fraction of sp³-hybridized carbons (Fsp3) is 0.321. The van der Waals surface area contributed by atoms with Crippen LogP contribution in [-0.4, -0.2) is 47.0 Å². The Morgan fingerprint density at radius 2 is 1.86 bits per heavy atom. The number of ether oxygens (including phenoxy) is 1. The number of hydrogen-bond acceptors (Lipinski definition) is 7. The van der Waals surface area contributed by atoms with Crippen molar-refractivity contribution in [2.24, 2.45) is 0 Å². The Hall–Kier alpha value is -3.20. The fourth-order valence-electron chi connectivity index (χ4n) is 5.08. The average Bonchev–Trinajstić information content (AvgIpc) is 3.28. The lowest BCUT2D eigenvalue weighted by Gasteiger charge is -2.37. The zero-order valence-corrected chi connectivity index (χ0v) is 22.5. The minimum atomic E-state index is -0.0395. The largest absolute Gasteiger partial charge is 0.496 e. The molecule has 7 nitrogen and oxygen atoms in total. The van der Waals surface area contributed by atoms with E-state index in [1.807, 2.05) is 54.4 Å². The molecule has 1 amide bonds. The van der Waals surface area contributed by atoms with Gasteiger partial charge < -0.3 is 20.7 Å². The molecule has 0 saturated heterocycles. The molecule has 1 saturated carbocycles. The van der Waals surface area contributed by atoms with Crippen LogP contribution < -0.4 is 15.8 Å². The molecule has 0 radical (unpaired) electrons. The molecule has 0 aliphatic heterocycles. The van der Waals surface area contributed by atoms with Crippen LogP contribution in [-0.2, 0) is 6.54 Å². The first-order valence-electron chi connectivity index (χ1n) is 12.4. The van der Waals surface area contributed by atoms with E-state index >= 15 is 0 Å². The van der Waals surface area contributed by atoms with Gasteiger partial charge in [-0.1, -0.05) is 35.9 Å². The first-order chi connectivity index (χ1) is 18.0. The minimum Gasteiger partial charge on any atom is -0.496 e. The van der Waals surface area contributed by atoms with Gasteiger partial charge in [-0.25, -0.2) is 9.97 Å². The number of rotatable bonds is 7. The maximum absolute atomic E-state index is 14.1. The van der Waals surface area contributed by atoms with Gasteiger partial charge >= 0.3 is 0 Å². The summed E-state index contributed by atoms with van der Waals surface area (Å²) in [6.45, 7) is 0.408. The van der Waals surface area contributed by atoms with Gasteiger partial charge in [-0.15, -0.1) is 11.3 Å². The van der Waals surface area contributed by atoms with E-state index in [1.165, 1.54) is 11.3 Å². The van der Waals surface area contributed by atoms with Crippen LogP contribution in [0.25, 0.3) is 21.2 Å². The molecule has 1 aliphatic carbocycles. The summed E-state index contributed by atoms with van der Waals surface area (Å²) in [7, 11) is 3.65. The molecular weight excluding hydrogens is 506 g/mol. The van der Waals surface area contributed by atoms with E-state index in [0.717, 1.165) is 58.2 Å². The lowest BCUT2D eigenvalue weighted by Crippen LogP contribution is -2.44. The van der Waals surface area contributed by atoms with Crippen LogP contribution in [0.3, 0.4) is 0 Å². The third-order valence-corrected chi connectivity index (χ3v) is 8.83. The summed E-state index contributed by atoms with van der Waals surface area (Å²) in [6.07, 6.45) is 7.29. The number of nitrogen functional groups attached to an aromatic ring is 1. The summed E-state index contributed by atoms with van der Waals surface area (Å²) in [5, 5.41) is 4.83. The van der Waals surface area contributed by atoms with Crippen LogP contribution >= 0.6 is 22.9 Å². The molecule has 9 heteroatoms. The molecule has 1 aliphatic rings. The number of anilines is 1. The number of nitrogens with two attached hydrogens (primary N) is 1. The maximum Gasteiger partial charge on any atom is 0.266 e. The second-order valence-electron chi connectivity index (χ2n) is 9.33. The summed E-state index contributed by atoms with van der Waals surface area (Å²) < 4.78 is 6.72. The van der Waals surface area contributed by atoms with Gasteiger partial charge in [0, 0.05) is 52.2 Å². The second kappa shape index (κ2) is 11.0. The van der Waals surface area contributed by atoms with Gasteiger partial charge in [0.05, 0.1) is 12.1 Å². The summed E-state index contributed by atoms with van der Waals surface area (Å²) in [5.74, 6) is 0.915. The highest BCUT2D eigenvalue weighted by Crippen LogP contribution is 2.38. The van der Waals surface area contributed by atoms with E-state index in [9.17, 15) is 4.79 Å². The summed E-state index contributed by atoms with van der Waals surface area (Å²) >= 11 is 8.22. The van der Waals surface area contributed by atoms with E-state index in [-0.39, 0.29) is 17.9 Å². The number of halogens is 1. The van der Waals surface area contributed by atoms with Gasteiger partial charge in [0.1, 0.15) is 10.6 Å². The molecule has 37 heavy (non-hydrogen) atoms. The van der Waals surface area contributed by atoms with Crippen molar-refractivity contribution >= 4 is 44.9 Å². The predicted octanol–water partition coefficient (Wildman–Crippen LogP) is 5.78. The lowest BCUT2D eigenvalue weighted by atomic mass is 9.89. The first-order valence-corrected chi connectivity index (χ1v) is 13.6. The highest BCUT2D eigenvalue weighted by Gasteiger charge is 2.32. The summed E-state index contributed by atoms with van der Waals surface area (Å²) in [4.78, 5) is 25.0. The molecule has 192 valence electrons. The molecule has 2 aromatic carbocycles. The fourth-order valence-corrected chi connectivity index (χ4v) is 6.55. The number of carbonyl (C=O) groups is 1. The Morgan fingerprint density at radius 1 is 1.14 bits per heavy atom. The van der Waals surface area contributed by atoms with E-state index in [1.54, 1.807) is 19.5 Å². The third-order valence-electron chi connectivity index (χ3n) is 7.16. The molecule has 2 aromatic heterocycles. The Bertz CT molecular complexity index is 1400. The molecule has 0 unspecified atom stereocenters. The molecule has 0 spiro atoms. The van der Waals surface area contributed by atoms with Crippen LogP contribution in [0.5, 0.6) is 5.75 Å². The van der Waals surface area contributed by atoms with Gasteiger partial charge in [-0.05, 0) is 56.5 Å². The van der Waals surface area contributed by atoms with Crippen molar-refractivity contribution in [2.75, 3.05) is 19.9 Å². The van der Waals surface area contributed by atoms with E-state index in [4.69, 9.17) is 22.1 Å². The van der Waals surface area contributed by atoms with Gasteiger partial charge in [0.2, 0.25) is 5.95 Å². The number of hydrogen-bond donors (Lipinski definition) is 2. The quantitative estimate of drug-likeness (QED) is 0.312. The van der Waals surface area contributed by atoms with Crippen molar-refractivity contribution < 1.29 is 9.53 Å². The van der Waals surface area contributed by atoms with E-state index in [2.05, 4.69) is 15.3 Å². The zero-order valence-electron chi connectivity index (χ0n) is 20.9. The topological polar surface area (TPSA) is 93.4 Å². The highest BCUT2D eigenvalue weighted by atomic mass is 35.5. The minimum absolute atomic E-state index is 0.0395. The number of aromatic nitrogens is 2. The summed E-state index contributed by atoms with van der Waals surface area (Å²) in [6, 6.07) is 14.4. The Balaban J connectivity index is 1.52. The Kier molecular flexibility index (Phi) is 7.60. The molecule has 4 aromatic rings. The normalized spacial score (nSPS) is 17.6. The highest BCUT2D eigenvalue weighted by molar-refractivity contribution is 7.21. The van der Waals surface area contributed by atoms with Crippen LogP contribution in [0.1, 0.15) is 40.9 Å². The molecule has 1 fully saturated rings. The monoisotopic (exact) mass is 535 g/mol.